The minimum absolute atomic E-state index is 0.114. The summed E-state index contributed by atoms with van der Waals surface area (Å²) in [6.45, 7) is 3.07. The molecule has 2 fully saturated rings. The van der Waals surface area contributed by atoms with Crippen molar-refractivity contribution in [3.63, 3.8) is 0 Å². The monoisotopic (exact) mass is 384 g/mol. The molecule has 0 bridgehead atoms. The summed E-state index contributed by atoms with van der Waals surface area (Å²) in [7, 11) is 3.60. The van der Waals surface area contributed by atoms with Gasteiger partial charge in [0.25, 0.3) is 0 Å². The molecule has 0 saturated heterocycles. The molecular weight excluding hydrogens is 348 g/mol. The van der Waals surface area contributed by atoms with Gasteiger partial charge in [-0.25, -0.2) is 0 Å². The van der Waals surface area contributed by atoms with Crippen LogP contribution in [-0.4, -0.2) is 49.7 Å². The first-order valence-electron chi connectivity index (χ1n) is 10.9. The van der Waals surface area contributed by atoms with Crippen LogP contribution in [0.3, 0.4) is 0 Å². The predicted octanol–water partition coefficient (Wildman–Crippen LogP) is 4.26. The van der Waals surface area contributed by atoms with Gasteiger partial charge in [-0.15, -0.1) is 0 Å². The second kappa shape index (κ2) is 10.2. The molecule has 28 heavy (non-hydrogen) atoms. The maximum absolute atomic E-state index is 11.3. The Balaban J connectivity index is 1.41. The topological polar surface area (TPSA) is 41.6 Å². The smallest absolute Gasteiger partial charge is 0.306 e. The maximum Gasteiger partial charge on any atom is 0.306 e. The van der Waals surface area contributed by atoms with Gasteiger partial charge in [0, 0.05) is 24.7 Å². The number of hydrogen-bond acceptors (Lipinski definition) is 4. The Bertz CT molecular complexity index is 650. The number of nitrogens with zero attached hydrogens (tertiary/aromatic N) is 1. The lowest BCUT2D eigenvalue weighted by Crippen LogP contribution is -2.42. The van der Waals surface area contributed by atoms with Gasteiger partial charge in [0.2, 0.25) is 0 Å². The third-order valence-electron chi connectivity index (χ3n) is 6.49. The molecule has 1 aromatic rings. The average molecular weight is 385 g/mol. The van der Waals surface area contributed by atoms with E-state index in [1.54, 1.807) is 5.57 Å². The van der Waals surface area contributed by atoms with Gasteiger partial charge < -0.3 is 15.0 Å². The number of rotatable bonds is 9. The molecule has 1 unspecified atom stereocenters. The summed E-state index contributed by atoms with van der Waals surface area (Å²) in [4.78, 5) is 13.7. The molecular formula is C24H36N2O2. The molecule has 2 aliphatic carbocycles. The molecule has 4 nitrogen and oxygen atoms in total. The number of carbonyl (C=O) groups excluding carboxylic acids is 1. The second-order valence-corrected chi connectivity index (χ2v) is 8.41. The predicted molar refractivity (Wildman–Crippen MR) is 115 cm³/mol. The van der Waals surface area contributed by atoms with Crippen LogP contribution in [0, 0.1) is 5.92 Å². The van der Waals surface area contributed by atoms with E-state index in [-0.39, 0.29) is 5.97 Å². The van der Waals surface area contributed by atoms with Gasteiger partial charge in [-0.1, -0.05) is 48.9 Å². The molecule has 4 heteroatoms. The minimum Gasteiger partial charge on any atom is -0.469 e. The van der Waals surface area contributed by atoms with Crippen LogP contribution < -0.4 is 5.32 Å². The number of benzene rings is 1. The lowest BCUT2D eigenvalue weighted by Gasteiger charge is -2.35. The number of nitrogens with one attached hydrogen (secondary N) is 1. The van der Waals surface area contributed by atoms with Gasteiger partial charge in [-0.3, -0.25) is 4.79 Å². The minimum atomic E-state index is -0.114. The summed E-state index contributed by atoms with van der Waals surface area (Å²) < 4.78 is 4.75. The van der Waals surface area contributed by atoms with Crippen LogP contribution in [0.4, 0.5) is 0 Å². The second-order valence-electron chi connectivity index (χ2n) is 8.41. The van der Waals surface area contributed by atoms with Gasteiger partial charge in [0.1, 0.15) is 0 Å². The van der Waals surface area contributed by atoms with Crippen molar-refractivity contribution in [2.45, 2.75) is 70.0 Å². The largest absolute Gasteiger partial charge is 0.469 e. The number of esters is 1. The summed E-state index contributed by atoms with van der Waals surface area (Å²) in [5, 5.41) is 3.93. The van der Waals surface area contributed by atoms with Crippen LogP contribution in [0.5, 0.6) is 0 Å². The molecule has 0 amide bonds. The Morgan fingerprint density at radius 2 is 1.93 bits per heavy atom. The van der Waals surface area contributed by atoms with Crippen molar-refractivity contribution in [3.8, 4) is 0 Å². The van der Waals surface area contributed by atoms with Crippen molar-refractivity contribution >= 4 is 12.0 Å². The summed E-state index contributed by atoms with van der Waals surface area (Å²) in [6.07, 6.45) is 10.2. The molecule has 0 radical (unpaired) electrons. The highest BCUT2D eigenvalue weighted by molar-refractivity contribution is 5.69. The fourth-order valence-corrected chi connectivity index (χ4v) is 4.56. The van der Waals surface area contributed by atoms with Crippen LogP contribution in [0.2, 0.25) is 0 Å². The van der Waals surface area contributed by atoms with Gasteiger partial charge in [-0.05, 0) is 57.1 Å². The van der Waals surface area contributed by atoms with Crippen molar-refractivity contribution in [2.75, 3.05) is 20.7 Å². The van der Waals surface area contributed by atoms with Crippen molar-refractivity contribution in [1.82, 2.24) is 10.2 Å². The highest BCUT2D eigenvalue weighted by Gasteiger charge is 2.40. The molecule has 0 heterocycles. The Morgan fingerprint density at radius 3 is 2.57 bits per heavy atom. The highest BCUT2D eigenvalue weighted by atomic mass is 16.5. The first kappa shape index (κ1) is 21.1. The zero-order valence-corrected chi connectivity index (χ0v) is 17.7. The van der Waals surface area contributed by atoms with Crippen LogP contribution >= 0.6 is 0 Å². The van der Waals surface area contributed by atoms with Gasteiger partial charge in [-0.2, -0.15) is 0 Å². The van der Waals surface area contributed by atoms with Crippen LogP contribution in [0.15, 0.2) is 35.9 Å². The van der Waals surface area contributed by atoms with E-state index in [0.717, 1.165) is 13.0 Å². The molecule has 3 rings (SSSR count). The van der Waals surface area contributed by atoms with Gasteiger partial charge in [0.05, 0.1) is 13.5 Å². The standard InChI is InChI=1S/C24H36N2O2/c1-4-19(16-18-8-6-5-7-9-18)22-17-23(22)25-20-10-12-21(13-11-20)26(2)15-14-24(27)28-3/h5-9,16,20-23,25H,4,10-15,17H2,1-3H3/t20?,21?,22?,23-/m0/s1. The molecule has 0 aliphatic heterocycles. The first-order valence-corrected chi connectivity index (χ1v) is 10.9. The van der Waals surface area contributed by atoms with E-state index in [0.29, 0.717) is 30.5 Å². The summed E-state index contributed by atoms with van der Waals surface area (Å²) >= 11 is 0. The zero-order chi connectivity index (χ0) is 19.9. The lowest BCUT2D eigenvalue weighted by atomic mass is 9.90. The SMILES string of the molecule is CCC(=Cc1ccccc1)C1C[C@@H]1NC1CCC(N(C)CCC(=O)OC)CC1. The number of hydrogen-bond donors (Lipinski definition) is 1. The van der Waals surface area contributed by atoms with Crippen LogP contribution in [0.1, 0.15) is 57.4 Å². The van der Waals surface area contributed by atoms with Crippen molar-refractivity contribution < 1.29 is 9.53 Å². The molecule has 1 N–H and O–H groups in total. The number of methoxy groups -OCH3 is 1. The fourth-order valence-electron chi connectivity index (χ4n) is 4.56. The quantitative estimate of drug-likeness (QED) is 0.646. The molecule has 154 valence electrons. The molecule has 0 spiro atoms. The normalized spacial score (nSPS) is 27.6. The van der Waals surface area contributed by atoms with E-state index in [2.05, 4.69) is 60.6 Å². The summed E-state index contributed by atoms with van der Waals surface area (Å²) in [6, 6.07) is 12.6. The average Bonchev–Trinajstić information content (AvgIpc) is 3.50. The van der Waals surface area contributed by atoms with Crippen molar-refractivity contribution in [2.24, 2.45) is 5.92 Å². The van der Waals surface area contributed by atoms with Gasteiger partial charge in [0.15, 0.2) is 0 Å². The summed E-state index contributed by atoms with van der Waals surface area (Å²) in [5.74, 6) is 0.600. The molecule has 2 saturated carbocycles. The van der Waals surface area contributed by atoms with E-state index in [1.165, 1.54) is 44.8 Å². The first-order chi connectivity index (χ1) is 13.6. The zero-order valence-electron chi connectivity index (χ0n) is 17.7. The Kier molecular flexibility index (Phi) is 7.69. The van der Waals surface area contributed by atoms with Crippen LogP contribution in [-0.2, 0) is 9.53 Å². The van der Waals surface area contributed by atoms with E-state index in [1.807, 2.05) is 0 Å². The van der Waals surface area contributed by atoms with E-state index in [9.17, 15) is 4.79 Å². The molecule has 1 aromatic carbocycles. The number of ether oxygens (including phenoxy) is 1. The van der Waals surface area contributed by atoms with E-state index in [4.69, 9.17) is 4.74 Å². The van der Waals surface area contributed by atoms with Gasteiger partial charge >= 0.3 is 5.97 Å². The molecule has 2 atom stereocenters. The summed E-state index contributed by atoms with van der Waals surface area (Å²) in [5.41, 5.74) is 2.90. The Morgan fingerprint density at radius 1 is 1.21 bits per heavy atom. The molecule has 2 aliphatic rings. The third-order valence-corrected chi connectivity index (χ3v) is 6.49. The Labute approximate surface area is 170 Å². The van der Waals surface area contributed by atoms with E-state index >= 15 is 0 Å². The van der Waals surface area contributed by atoms with E-state index < -0.39 is 0 Å². The number of carbonyl (C=O) groups is 1. The molecule has 0 aromatic heterocycles. The highest BCUT2D eigenvalue weighted by Crippen LogP contribution is 2.40. The lowest BCUT2D eigenvalue weighted by molar-refractivity contribution is -0.141. The van der Waals surface area contributed by atoms with Crippen molar-refractivity contribution in [3.05, 3.63) is 41.5 Å². The van der Waals surface area contributed by atoms with Crippen LogP contribution in [0.25, 0.3) is 6.08 Å². The maximum atomic E-state index is 11.3. The Hall–Kier alpha value is -1.65. The third kappa shape index (κ3) is 5.92. The fraction of sp³-hybridized carbons (Fsp3) is 0.625. The van der Waals surface area contributed by atoms with Crippen molar-refractivity contribution in [1.29, 1.82) is 0 Å².